The monoisotopic (exact) mass is 368 g/mol. The molecule has 0 unspecified atom stereocenters. The van der Waals surface area contributed by atoms with Crippen LogP contribution >= 0.6 is 23.2 Å². The topological polar surface area (TPSA) is 35.5 Å². The molecule has 3 fully saturated rings. The van der Waals surface area contributed by atoms with Crippen molar-refractivity contribution in [3.8, 4) is 5.75 Å². The Morgan fingerprint density at radius 3 is 2.50 bits per heavy atom. The second kappa shape index (κ2) is 5.28. The molecular formula is C19H22Cl2O3. The van der Waals surface area contributed by atoms with E-state index in [0.717, 1.165) is 12.8 Å². The van der Waals surface area contributed by atoms with Crippen molar-refractivity contribution >= 4 is 29.2 Å². The summed E-state index contributed by atoms with van der Waals surface area (Å²) in [5.41, 5.74) is 0.0363. The number of benzene rings is 1. The first-order valence-electron chi connectivity index (χ1n) is 8.51. The van der Waals surface area contributed by atoms with E-state index in [1.54, 1.807) is 0 Å². The van der Waals surface area contributed by atoms with Gasteiger partial charge < -0.3 is 9.47 Å². The highest BCUT2D eigenvalue weighted by Crippen LogP contribution is 2.79. The molecule has 24 heavy (non-hydrogen) atoms. The lowest BCUT2D eigenvalue weighted by atomic mass is 9.83. The highest BCUT2D eigenvalue weighted by atomic mass is 35.5. The van der Waals surface area contributed by atoms with Crippen molar-refractivity contribution in [2.24, 2.45) is 22.7 Å². The molecule has 4 rings (SSSR count). The van der Waals surface area contributed by atoms with Crippen LogP contribution in [0.5, 0.6) is 5.75 Å². The van der Waals surface area contributed by atoms with Crippen LogP contribution in [0.25, 0.3) is 0 Å². The van der Waals surface area contributed by atoms with Gasteiger partial charge in [0.1, 0.15) is 16.2 Å². The minimum atomic E-state index is -0.762. The third kappa shape index (κ3) is 2.52. The third-order valence-electron chi connectivity index (χ3n) is 6.47. The molecule has 1 aromatic rings. The van der Waals surface area contributed by atoms with Crippen LogP contribution in [0.2, 0.25) is 0 Å². The molecule has 0 aliphatic heterocycles. The lowest BCUT2D eigenvalue weighted by Crippen LogP contribution is -2.37. The molecule has 0 radical (unpaired) electrons. The van der Waals surface area contributed by atoms with Gasteiger partial charge in [-0.25, -0.2) is 4.79 Å². The van der Waals surface area contributed by atoms with Crippen LogP contribution in [0.3, 0.4) is 0 Å². The van der Waals surface area contributed by atoms with Crippen molar-refractivity contribution in [3.05, 3.63) is 30.3 Å². The summed E-state index contributed by atoms with van der Waals surface area (Å²) in [6, 6.07) is 9.27. The van der Waals surface area contributed by atoms with Gasteiger partial charge in [-0.05, 0) is 48.6 Å². The number of ether oxygens (including phenoxy) is 2. The Morgan fingerprint density at radius 2 is 1.88 bits per heavy atom. The van der Waals surface area contributed by atoms with Gasteiger partial charge in [0.25, 0.3) is 0 Å². The third-order valence-corrected chi connectivity index (χ3v) is 7.49. The van der Waals surface area contributed by atoms with E-state index >= 15 is 0 Å². The number of hydrogen-bond donors (Lipinski definition) is 0. The molecule has 3 saturated carbocycles. The maximum absolute atomic E-state index is 12.3. The fraction of sp³-hybridized carbons (Fsp3) is 0.632. The zero-order chi connectivity index (χ0) is 17.2. The largest absolute Gasteiger partial charge is 0.482 e. The number of alkyl halides is 2. The minimum Gasteiger partial charge on any atom is -0.482 e. The molecule has 0 bridgehead atoms. The summed E-state index contributed by atoms with van der Waals surface area (Å²) >= 11 is 12.9. The average molecular weight is 369 g/mol. The first-order valence-corrected chi connectivity index (χ1v) is 9.27. The molecular weight excluding hydrogens is 347 g/mol. The maximum Gasteiger partial charge on any atom is 0.344 e. The molecule has 3 aliphatic rings. The molecule has 0 heterocycles. The van der Waals surface area contributed by atoms with Crippen LogP contribution in [-0.2, 0) is 9.53 Å². The summed E-state index contributed by atoms with van der Waals surface area (Å²) in [5.74, 6) is 1.55. The van der Waals surface area contributed by atoms with Crippen LogP contribution in [0.15, 0.2) is 30.3 Å². The Labute approximate surface area is 152 Å². The van der Waals surface area contributed by atoms with Crippen molar-refractivity contribution in [3.63, 3.8) is 0 Å². The molecule has 130 valence electrons. The summed E-state index contributed by atoms with van der Waals surface area (Å²) < 4.78 is 10.5. The first kappa shape index (κ1) is 16.5. The Hall–Kier alpha value is -0.930. The van der Waals surface area contributed by atoms with Crippen LogP contribution in [0.1, 0.15) is 33.1 Å². The SMILES string of the molecule is CC1(C)[C@@H]2C[C@H](OC(=O)COc3ccccc3)[C@@]3(C[C@@H]21)CC3(Cl)Cl. The van der Waals surface area contributed by atoms with Crippen LogP contribution in [0, 0.1) is 22.7 Å². The van der Waals surface area contributed by atoms with E-state index < -0.39 is 4.33 Å². The summed E-state index contributed by atoms with van der Waals surface area (Å²) in [5, 5.41) is 0. The number of esters is 1. The van der Waals surface area contributed by atoms with Gasteiger partial charge in [-0.15, -0.1) is 23.2 Å². The Balaban J connectivity index is 1.40. The number of carbonyl (C=O) groups excluding carboxylic acids is 1. The minimum absolute atomic E-state index is 0.0916. The zero-order valence-electron chi connectivity index (χ0n) is 13.9. The smallest absolute Gasteiger partial charge is 0.344 e. The van der Waals surface area contributed by atoms with Gasteiger partial charge >= 0.3 is 5.97 Å². The normalized spacial score (nSPS) is 37.4. The molecule has 4 atom stereocenters. The number of hydrogen-bond acceptors (Lipinski definition) is 3. The maximum atomic E-state index is 12.3. The Kier molecular flexibility index (Phi) is 3.64. The fourth-order valence-corrected chi connectivity index (χ4v) is 5.52. The van der Waals surface area contributed by atoms with E-state index in [2.05, 4.69) is 13.8 Å². The molecule has 0 amide bonds. The van der Waals surface area contributed by atoms with Gasteiger partial charge in [0.2, 0.25) is 0 Å². The quantitative estimate of drug-likeness (QED) is 0.575. The van der Waals surface area contributed by atoms with Crippen molar-refractivity contribution in [1.29, 1.82) is 0 Å². The number of rotatable bonds is 4. The number of para-hydroxylation sites is 1. The van der Waals surface area contributed by atoms with Gasteiger partial charge in [0.05, 0.1) is 0 Å². The number of fused-ring (bicyclic) bond motifs is 1. The molecule has 1 spiro atoms. The predicted octanol–water partition coefficient (Wildman–Crippen LogP) is 4.61. The van der Waals surface area contributed by atoms with Crippen molar-refractivity contribution in [2.45, 2.75) is 43.5 Å². The predicted molar refractivity (Wildman–Crippen MR) is 93.3 cm³/mol. The van der Waals surface area contributed by atoms with Gasteiger partial charge in [-0.3, -0.25) is 0 Å². The van der Waals surface area contributed by atoms with Crippen LogP contribution < -0.4 is 4.74 Å². The van der Waals surface area contributed by atoms with Crippen LogP contribution in [-0.4, -0.2) is 23.0 Å². The molecule has 0 saturated heterocycles. The highest BCUT2D eigenvalue weighted by Gasteiger charge is 2.78. The Bertz CT molecular complexity index is 658. The molecule has 3 nitrogen and oxygen atoms in total. The molecule has 0 N–H and O–H groups in total. The van der Waals surface area contributed by atoms with Crippen LogP contribution in [0.4, 0.5) is 0 Å². The summed E-state index contributed by atoms with van der Waals surface area (Å²) in [7, 11) is 0. The second-order valence-electron chi connectivity index (χ2n) is 8.09. The second-order valence-corrected chi connectivity index (χ2v) is 9.58. The fourth-order valence-electron chi connectivity index (χ4n) is 4.65. The van der Waals surface area contributed by atoms with E-state index in [1.165, 1.54) is 0 Å². The molecule has 5 heteroatoms. The van der Waals surface area contributed by atoms with Crippen molar-refractivity contribution < 1.29 is 14.3 Å². The van der Waals surface area contributed by atoms with Gasteiger partial charge in [-0.2, -0.15) is 0 Å². The van der Waals surface area contributed by atoms with Gasteiger partial charge in [0, 0.05) is 5.41 Å². The Morgan fingerprint density at radius 1 is 1.21 bits per heavy atom. The molecule has 1 aromatic carbocycles. The summed E-state index contributed by atoms with van der Waals surface area (Å²) in [6.07, 6.45) is 2.31. The van der Waals surface area contributed by atoms with Gasteiger partial charge in [0.15, 0.2) is 6.61 Å². The zero-order valence-corrected chi connectivity index (χ0v) is 15.4. The molecule has 3 aliphatic carbocycles. The van der Waals surface area contributed by atoms with Crippen molar-refractivity contribution in [1.82, 2.24) is 0 Å². The average Bonchev–Trinajstić information content (AvgIpc) is 3.28. The summed E-state index contributed by atoms with van der Waals surface area (Å²) in [4.78, 5) is 12.3. The van der Waals surface area contributed by atoms with Crippen molar-refractivity contribution in [2.75, 3.05) is 6.61 Å². The van der Waals surface area contributed by atoms with E-state index in [9.17, 15) is 4.79 Å². The lowest BCUT2D eigenvalue weighted by molar-refractivity contribution is -0.157. The standard InChI is InChI=1S/C19H22Cl2O3/c1-17(2)13-8-15(18(9-14(13)17)11-19(18,20)21)24-16(22)10-23-12-6-4-3-5-7-12/h3-7,13-15H,8-11H2,1-2H3/t13-,14+,15+,18-/m1/s1. The van der Waals surface area contributed by atoms with E-state index in [1.807, 2.05) is 30.3 Å². The summed E-state index contributed by atoms with van der Waals surface area (Å²) in [6.45, 7) is 4.47. The highest BCUT2D eigenvalue weighted by molar-refractivity contribution is 6.51. The first-order chi connectivity index (χ1) is 11.3. The van der Waals surface area contributed by atoms with E-state index in [0.29, 0.717) is 29.4 Å². The number of halogens is 2. The van der Waals surface area contributed by atoms with E-state index in [-0.39, 0.29) is 24.1 Å². The lowest BCUT2D eigenvalue weighted by Gasteiger charge is -2.32. The van der Waals surface area contributed by atoms with E-state index in [4.69, 9.17) is 32.7 Å². The van der Waals surface area contributed by atoms with Gasteiger partial charge in [-0.1, -0.05) is 32.0 Å². The number of carbonyl (C=O) groups is 1. The molecule has 0 aromatic heterocycles.